The van der Waals surface area contributed by atoms with Gasteiger partial charge in [-0.25, -0.2) is 15.0 Å². The first-order valence-electron chi connectivity index (χ1n) is 9.27. The molecule has 0 aliphatic rings. The van der Waals surface area contributed by atoms with Gasteiger partial charge in [0.1, 0.15) is 11.9 Å². The van der Waals surface area contributed by atoms with Crippen LogP contribution < -0.4 is 16.2 Å². The van der Waals surface area contributed by atoms with E-state index in [4.69, 9.17) is 0 Å². The Kier molecular flexibility index (Phi) is 5.73. The number of rotatable bonds is 7. The molecule has 0 atom stereocenters. The maximum Gasteiger partial charge on any atom is 0.355 e. The summed E-state index contributed by atoms with van der Waals surface area (Å²) in [6, 6.07) is 11.0. The van der Waals surface area contributed by atoms with Crippen LogP contribution in [-0.4, -0.2) is 30.7 Å². The van der Waals surface area contributed by atoms with Crippen LogP contribution in [0.25, 0.3) is 10.2 Å². The number of benzene rings is 2. The van der Waals surface area contributed by atoms with E-state index in [1.54, 1.807) is 0 Å². The number of hydrogen-bond donors (Lipinski definition) is 3. The van der Waals surface area contributed by atoms with E-state index in [1.165, 1.54) is 35.6 Å². The predicted octanol–water partition coefficient (Wildman–Crippen LogP) is 3.71. The van der Waals surface area contributed by atoms with Crippen molar-refractivity contribution >= 4 is 55.6 Å². The van der Waals surface area contributed by atoms with Crippen LogP contribution in [-0.2, 0) is 0 Å². The number of amides is 1. The number of hydrogen-bond acceptors (Lipinski definition) is 11. The third kappa shape index (κ3) is 4.35. The summed E-state index contributed by atoms with van der Waals surface area (Å²) in [6.07, 6.45) is 1.06. The van der Waals surface area contributed by atoms with Gasteiger partial charge in [0.15, 0.2) is 5.13 Å². The summed E-state index contributed by atoms with van der Waals surface area (Å²) in [6.45, 7) is 1.90. The summed E-state index contributed by atoms with van der Waals surface area (Å²) in [5.74, 6) is -1.33. The molecule has 2 heterocycles. The predicted molar refractivity (Wildman–Crippen MR) is 121 cm³/mol. The van der Waals surface area contributed by atoms with E-state index in [1.807, 2.05) is 25.1 Å². The summed E-state index contributed by atoms with van der Waals surface area (Å²) >= 11 is 1.29. The Bertz CT molecular complexity index is 1410. The van der Waals surface area contributed by atoms with Gasteiger partial charge >= 0.3 is 5.69 Å². The second kappa shape index (κ2) is 8.80. The summed E-state index contributed by atoms with van der Waals surface area (Å²) in [4.78, 5) is 46.1. The molecule has 166 valence electrons. The van der Waals surface area contributed by atoms with Gasteiger partial charge in [-0.2, -0.15) is 0 Å². The van der Waals surface area contributed by atoms with Crippen LogP contribution in [0.4, 0.5) is 28.1 Å². The Morgan fingerprint density at radius 3 is 2.48 bits per heavy atom. The van der Waals surface area contributed by atoms with Crippen molar-refractivity contribution in [2.24, 2.45) is 0 Å². The molecule has 0 aliphatic carbocycles. The van der Waals surface area contributed by atoms with Crippen LogP contribution in [0.5, 0.6) is 0 Å². The van der Waals surface area contributed by atoms with Gasteiger partial charge in [-0.1, -0.05) is 35.6 Å². The Balaban J connectivity index is 1.60. The highest BCUT2D eigenvalue weighted by molar-refractivity contribution is 7.22. The van der Waals surface area contributed by atoms with E-state index in [0.717, 1.165) is 22.1 Å². The molecule has 0 fully saturated rings. The first kappa shape index (κ1) is 21.5. The number of nitrogens with one attached hydrogen (secondary N) is 3. The van der Waals surface area contributed by atoms with Crippen LogP contribution in [0.2, 0.25) is 0 Å². The van der Waals surface area contributed by atoms with Gasteiger partial charge in [-0.15, -0.1) is 0 Å². The van der Waals surface area contributed by atoms with Crippen molar-refractivity contribution in [3.05, 3.63) is 80.1 Å². The largest absolute Gasteiger partial charge is 0.355 e. The van der Waals surface area contributed by atoms with E-state index in [9.17, 15) is 25.0 Å². The van der Waals surface area contributed by atoms with Crippen molar-refractivity contribution < 1.29 is 14.6 Å². The van der Waals surface area contributed by atoms with E-state index in [0.29, 0.717) is 5.13 Å². The molecule has 2 aromatic heterocycles. The standard InChI is InChI=1S/C19H14N8O5S/c1-10-5-4-8-13-14(10)22-19(33-13)23-16-15(27(31)32)17(21-9-20-16)24-25-18(28)11-6-2-3-7-12(11)26(29)30/h2-9H,1H3,(H,25,28)(H2,20,21,22,23,24). The van der Waals surface area contributed by atoms with Crippen molar-refractivity contribution in [2.75, 3.05) is 10.7 Å². The molecular formula is C19H14N8O5S. The maximum absolute atomic E-state index is 12.4. The third-order valence-corrected chi connectivity index (χ3v) is 5.43. The first-order chi connectivity index (χ1) is 15.8. The normalized spacial score (nSPS) is 10.6. The van der Waals surface area contributed by atoms with Crippen LogP contribution in [0.15, 0.2) is 48.8 Å². The molecule has 0 unspecified atom stereocenters. The Labute approximate surface area is 188 Å². The smallest absolute Gasteiger partial charge is 0.310 e. The SMILES string of the molecule is Cc1cccc2sc(Nc3ncnc(NNC(=O)c4ccccc4[N+](=O)[O-])c3[N+](=O)[O-])nc12. The minimum atomic E-state index is -0.869. The highest BCUT2D eigenvalue weighted by atomic mass is 32.1. The number of nitro groups is 2. The average Bonchev–Trinajstić information content (AvgIpc) is 3.21. The zero-order valence-electron chi connectivity index (χ0n) is 16.8. The molecule has 3 N–H and O–H groups in total. The van der Waals surface area contributed by atoms with Crippen LogP contribution >= 0.6 is 11.3 Å². The number of nitrogens with zero attached hydrogens (tertiary/aromatic N) is 5. The molecular weight excluding hydrogens is 452 g/mol. The number of aromatic nitrogens is 3. The second-order valence-corrected chi connectivity index (χ2v) is 7.63. The van der Waals surface area contributed by atoms with E-state index in [-0.39, 0.29) is 17.2 Å². The molecule has 1 amide bonds. The quantitative estimate of drug-likeness (QED) is 0.268. The summed E-state index contributed by atoms with van der Waals surface area (Å²) < 4.78 is 0.893. The summed E-state index contributed by atoms with van der Waals surface area (Å²) in [5.41, 5.74) is 5.07. The molecule has 2 aromatic carbocycles. The Morgan fingerprint density at radius 1 is 1.00 bits per heavy atom. The van der Waals surface area contributed by atoms with Crippen LogP contribution in [0.3, 0.4) is 0 Å². The van der Waals surface area contributed by atoms with Gasteiger partial charge < -0.3 is 5.32 Å². The minimum Gasteiger partial charge on any atom is -0.310 e. The molecule has 33 heavy (non-hydrogen) atoms. The van der Waals surface area contributed by atoms with Gasteiger partial charge in [-0.05, 0) is 24.6 Å². The monoisotopic (exact) mass is 466 g/mol. The molecule has 0 bridgehead atoms. The third-order valence-electron chi connectivity index (χ3n) is 4.49. The zero-order chi connectivity index (χ0) is 23.5. The average molecular weight is 466 g/mol. The lowest BCUT2D eigenvalue weighted by molar-refractivity contribution is -0.385. The number of hydrazine groups is 1. The van der Waals surface area contributed by atoms with E-state index >= 15 is 0 Å². The first-order valence-corrected chi connectivity index (χ1v) is 10.1. The number of anilines is 3. The number of aryl methyl sites for hydroxylation is 1. The highest BCUT2D eigenvalue weighted by Gasteiger charge is 2.25. The van der Waals surface area contributed by atoms with Crippen molar-refractivity contribution in [3.63, 3.8) is 0 Å². The fourth-order valence-corrected chi connectivity index (χ4v) is 3.93. The second-order valence-electron chi connectivity index (χ2n) is 6.60. The zero-order valence-corrected chi connectivity index (χ0v) is 17.6. The molecule has 4 rings (SSSR count). The van der Waals surface area contributed by atoms with Crippen molar-refractivity contribution in [3.8, 4) is 0 Å². The van der Waals surface area contributed by atoms with Crippen molar-refractivity contribution in [1.29, 1.82) is 0 Å². The Hall–Kier alpha value is -4.72. The number of nitro benzene ring substituents is 1. The fourth-order valence-electron chi connectivity index (χ4n) is 2.98. The molecule has 4 aromatic rings. The lowest BCUT2D eigenvalue weighted by atomic mass is 10.2. The number of carbonyl (C=O) groups excluding carboxylic acids is 1. The topological polar surface area (TPSA) is 178 Å². The van der Waals surface area contributed by atoms with Crippen molar-refractivity contribution in [2.45, 2.75) is 6.92 Å². The Morgan fingerprint density at radius 2 is 1.76 bits per heavy atom. The minimum absolute atomic E-state index is 0.144. The van der Waals surface area contributed by atoms with Gasteiger partial charge in [0.25, 0.3) is 11.6 Å². The number of thiazole rings is 1. The van der Waals surface area contributed by atoms with Gasteiger partial charge in [0.2, 0.25) is 11.6 Å². The molecule has 0 radical (unpaired) electrons. The lowest BCUT2D eigenvalue weighted by Crippen LogP contribution is -2.30. The summed E-state index contributed by atoms with van der Waals surface area (Å²) in [5, 5.41) is 26.1. The lowest BCUT2D eigenvalue weighted by Gasteiger charge is -2.10. The van der Waals surface area contributed by atoms with Gasteiger partial charge in [-0.3, -0.25) is 35.9 Å². The van der Waals surface area contributed by atoms with Gasteiger partial charge in [0, 0.05) is 6.07 Å². The fraction of sp³-hybridized carbons (Fsp3) is 0.0526. The molecule has 14 heteroatoms. The molecule has 0 aliphatic heterocycles. The number of carbonyl (C=O) groups is 1. The molecule has 13 nitrogen and oxygen atoms in total. The molecule has 0 saturated heterocycles. The maximum atomic E-state index is 12.4. The molecule has 0 spiro atoms. The number of fused-ring (bicyclic) bond motifs is 1. The molecule has 0 saturated carbocycles. The summed E-state index contributed by atoms with van der Waals surface area (Å²) in [7, 11) is 0. The number of para-hydroxylation sites is 2. The van der Waals surface area contributed by atoms with Gasteiger partial charge in [0.05, 0.1) is 20.1 Å². The van der Waals surface area contributed by atoms with E-state index in [2.05, 4.69) is 31.1 Å². The van der Waals surface area contributed by atoms with Crippen molar-refractivity contribution in [1.82, 2.24) is 20.4 Å². The van der Waals surface area contributed by atoms with Crippen LogP contribution in [0.1, 0.15) is 15.9 Å². The van der Waals surface area contributed by atoms with E-state index < -0.39 is 27.1 Å². The van der Waals surface area contributed by atoms with Crippen LogP contribution in [0, 0.1) is 27.2 Å². The highest BCUT2D eigenvalue weighted by Crippen LogP contribution is 2.34.